The number of anilines is 1. The predicted octanol–water partition coefficient (Wildman–Crippen LogP) is 3.00. The number of aryl methyl sites for hydroxylation is 2. The highest BCUT2D eigenvalue weighted by Gasteiger charge is 2.16. The minimum absolute atomic E-state index is 0.817. The van der Waals surface area contributed by atoms with Crippen LogP contribution in [0, 0.1) is 13.8 Å². The highest BCUT2D eigenvalue weighted by molar-refractivity contribution is 5.77. The fourth-order valence-corrected chi connectivity index (χ4v) is 2.30. The molecule has 2 aromatic rings. The van der Waals surface area contributed by atoms with E-state index in [9.17, 15) is 0 Å². The molecule has 4 nitrogen and oxygen atoms in total. The minimum atomic E-state index is 0.817. The first-order valence-electron chi connectivity index (χ1n) is 6.68. The third kappa shape index (κ3) is 2.72. The van der Waals surface area contributed by atoms with E-state index >= 15 is 0 Å². The van der Waals surface area contributed by atoms with Gasteiger partial charge >= 0.3 is 0 Å². The van der Waals surface area contributed by atoms with Crippen LogP contribution in [0.25, 0.3) is 11.1 Å². The van der Waals surface area contributed by atoms with Gasteiger partial charge < -0.3 is 4.90 Å². The van der Waals surface area contributed by atoms with E-state index < -0.39 is 0 Å². The Morgan fingerprint density at radius 2 is 1.63 bits per heavy atom. The van der Waals surface area contributed by atoms with Gasteiger partial charge in [0, 0.05) is 31.0 Å². The molecule has 0 radical (unpaired) electrons. The summed E-state index contributed by atoms with van der Waals surface area (Å²) in [6.45, 7) is 10.1. The van der Waals surface area contributed by atoms with Gasteiger partial charge in [0.2, 0.25) is 0 Å². The van der Waals surface area contributed by atoms with E-state index in [4.69, 9.17) is 0 Å². The van der Waals surface area contributed by atoms with E-state index in [-0.39, 0.29) is 0 Å². The van der Waals surface area contributed by atoms with E-state index in [2.05, 4.69) is 33.7 Å². The van der Waals surface area contributed by atoms with Gasteiger partial charge in [0.25, 0.3) is 0 Å². The fourth-order valence-electron chi connectivity index (χ4n) is 2.30. The maximum absolute atomic E-state index is 4.65. The Kier molecular flexibility index (Phi) is 4.10. The molecule has 2 rings (SSSR count). The lowest BCUT2D eigenvalue weighted by molar-refractivity contribution is 0.832. The standard InChI is InChI=1S/C15H20N4/c1-5-19(6-2)15-14(11(3)17-12(4)18-15)13-7-9-16-10-8-13/h7-10H,5-6H2,1-4H3. The maximum atomic E-state index is 4.65. The number of pyridine rings is 1. The number of hydrogen-bond acceptors (Lipinski definition) is 4. The molecular formula is C15H20N4. The smallest absolute Gasteiger partial charge is 0.140 e. The van der Waals surface area contributed by atoms with E-state index in [0.717, 1.165) is 41.6 Å². The molecule has 0 atom stereocenters. The van der Waals surface area contributed by atoms with Crippen LogP contribution in [0.5, 0.6) is 0 Å². The number of rotatable bonds is 4. The molecule has 0 aliphatic heterocycles. The van der Waals surface area contributed by atoms with Crippen LogP contribution in [-0.4, -0.2) is 28.0 Å². The van der Waals surface area contributed by atoms with Crippen molar-refractivity contribution in [1.29, 1.82) is 0 Å². The molecular weight excluding hydrogens is 236 g/mol. The predicted molar refractivity (Wildman–Crippen MR) is 78.3 cm³/mol. The largest absolute Gasteiger partial charge is 0.357 e. The Labute approximate surface area is 114 Å². The fraction of sp³-hybridized carbons (Fsp3) is 0.400. The molecule has 0 N–H and O–H groups in total. The third-order valence-electron chi connectivity index (χ3n) is 3.21. The number of hydrogen-bond donors (Lipinski definition) is 0. The summed E-state index contributed by atoms with van der Waals surface area (Å²) in [6, 6.07) is 4.02. The Morgan fingerprint density at radius 3 is 2.21 bits per heavy atom. The van der Waals surface area contributed by atoms with Crippen molar-refractivity contribution in [3.05, 3.63) is 36.0 Å². The average Bonchev–Trinajstić information content (AvgIpc) is 2.40. The van der Waals surface area contributed by atoms with E-state index in [1.54, 1.807) is 12.4 Å². The quantitative estimate of drug-likeness (QED) is 0.843. The average molecular weight is 256 g/mol. The molecule has 19 heavy (non-hydrogen) atoms. The van der Waals surface area contributed by atoms with Crippen LogP contribution >= 0.6 is 0 Å². The second-order valence-electron chi connectivity index (χ2n) is 4.46. The summed E-state index contributed by atoms with van der Waals surface area (Å²) in [7, 11) is 0. The van der Waals surface area contributed by atoms with Crippen molar-refractivity contribution < 1.29 is 0 Å². The maximum Gasteiger partial charge on any atom is 0.140 e. The van der Waals surface area contributed by atoms with Crippen molar-refractivity contribution in [3.63, 3.8) is 0 Å². The lowest BCUT2D eigenvalue weighted by Gasteiger charge is -2.24. The van der Waals surface area contributed by atoms with Crippen LogP contribution in [0.4, 0.5) is 5.82 Å². The molecule has 4 heteroatoms. The lowest BCUT2D eigenvalue weighted by atomic mass is 10.1. The number of nitrogens with zero attached hydrogens (tertiary/aromatic N) is 4. The van der Waals surface area contributed by atoms with Crippen LogP contribution in [0.2, 0.25) is 0 Å². The molecule has 100 valence electrons. The first-order valence-corrected chi connectivity index (χ1v) is 6.68. The molecule has 0 aromatic carbocycles. The molecule has 0 aliphatic carbocycles. The second kappa shape index (κ2) is 5.78. The van der Waals surface area contributed by atoms with Crippen molar-refractivity contribution in [2.75, 3.05) is 18.0 Å². The Hall–Kier alpha value is -1.97. The Bertz CT molecular complexity index is 548. The van der Waals surface area contributed by atoms with Crippen LogP contribution in [0.15, 0.2) is 24.5 Å². The van der Waals surface area contributed by atoms with Crippen molar-refractivity contribution in [3.8, 4) is 11.1 Å². The van der Waals surface area contributed by atoms with E-state index in [0.29, 0.717) is 0 Å². The summed E-state index contributed by atoms with van der Waals surface area (Å²) < 4.78 is 0. The van der Waals surface area contributed by atoms with Crippen LogP contribution in [0.3, 0.4) is 0 Å². The highest BCUT2D eigenvalue weighted by atomic mass is 15.2. The zero-order valence-electron chi connectivity index (χ0n) is 12.0. The Morgan fingerprint density at radius 1 is 1.00 bits per heavy atom. The first-order chi connectivity index (χ1) is 9.17. The second-order valence-corrected chi connectivity index (χ2v) is 4.46. The van der Waals surface area contributed by atoms with Gasteiger partial charge in [0.15, 0.2) is 0 Å². The molecule has 2 heterocycles. The van der Waals surface area contributed by atoms with E-state index in [1.807, 2.05) is 26.0 Å². The van der Waals surface area contributed by atoms with Crippen molar-refractivity contribution in [2.24, 2.45) is 0 Å². The monoisotopic (exact) mass is 256 g/mol. The van der Waals surface area contributed by atoms with Crippen LogP contribution < -0.4 is 4.90 Å². The first kappa shape index (κ1) is 13.5. The Balaban J connectivity index is 2.65. The normalized spacial score (nSPS) is 10.5. The molecule has 0 bridgehead atoms. The molecule has 0 unspecified atom stereocenters. The zero-order chi connectivity index (χ0) is 13.8. The van der Waals surface area contributed by atoms with Gasteiger partial charge in [-0.05, 0) is 45.4 Å². The molecule has 0 aliphatic rings. The molecule has 0 amide bonds. The lowest BCUT2D eigenvalue weighted by Crippen LogP contribution is -2.24. The zero-order valence-corrected chi connectivity index (χ0v) is 12.0. The molecule has 2 aromatic heterocycles. The molecule has 0 saturated carbocycles. The molecule has 0 spiro atoms. The van der Waals surface area contributed by atoms with Gasteiger partial charge in [0.1, 0.15) is 11.6 Å². The van der Waals surface area contributed by atoms with Crippen LogP contribution in [0.1, 0.15) is 25.4 Å². The minimum Gasteiger partial charge on any atom is -0.357 e. The summed E-state index contributed by atoms with van der Waals surface area (Å²) in [4.78, 5) is 15.5. The summed E-state index contributed by atoms with van der Waals surface area (Å²) >= 11 is 0. The highest BCUT2D eigenvalue weighted by Crippen LogP contribution is 2.31. The summed E-state index contributed by atoms with van der Waals surface area (Å²) in [5.41, 5.74) is 3.24. The van der Waals surface area contributed by atoms with Gasteiger partial charge in [-0.3, -0.25) is 4.98 Å². The van der Waals surface area contributed by atoms with Crippen LogP contribution in [-0.2, 0) is 0 Å². The van der Waals surface area contributed by atoms with Gasteiger partial charge in [-0.25, -0.2) is 9.97 Å². The summed E-state index contributed by atoms with van der Waals surface area (Å²) in [5, 5.41) is 0. The summed E-state index contributed by atoms with van der Waals surface area (Å²) in [6.07, 6.45) is 3.61. The third-order valence-corrected chi connectivity index (χ3v) is 3.21. The van der Waals surface area contributed by atoms with E-state index in [1.165, 1.54) is 0 Å². The van der Waals surface area contributed by atoms with Crippen molar-refractivity contribution in [1.82, 2.24) is 15.0 Å². The topological polar surface area (TPSA) is 41.9 Å². The number of aromatic nitrogens is 3. The molecule has 0 saturated heterocycles. The van der Waals surface area contributed by atoms with Gasteiger partial charge in [0.05, 0.1) is 5.69 Å². The van der Waals surface area contributed by atoms with Crippen molar-refractivity contribution in [2.45, 2.75) is 27.7 Å². The van der Waals surface area contributed by atoms with Gasteiger partial charge in [-0.1, -0.05) is 0 Å². The summed E-state index contributed by atoms with van der Waals surface area (Å²) in [5.74, 6) is 1.83. The van der Waals surface area contributed by atoms with Gasteiger partial charge in [-0.2, -0.15) is 0 Å². The SMILES string of the molecule is CCN(CC)c1nc(C)nc(C)c1-c1ccncc1. The van der Waals surface area contributed by atoms with Gasteiger partial charge in [-0.15, -0.1) is 0 Å². The molecule has 0 fully saturated rings. The van der Waals surface area contributed by atoms with Crippen molar-refractivity contribution >= 4 is 5.82 Å².